The quantitative estimate of drug-likeness (QED) is 0.725. The van der Waals surface area contributed by atoms with E-state index >= 15 is 0 Å². The van der Waals surface area contributed by atoms with Crippen molar-refractivity contribution in [3.63, 3.8) is 0 Å². The fourth-order valence-electron chi connectivity index (χ4n) is 4.28. The molecule has 1 saturated heterocycles. The fraction of sp³-hybridized carbons (Fsp3) is 0.579. The number of nitrogens with zero attached hydrogens (tertiary/aromatic N) is 5. The molecule has 8 nitrogen and oxygen atoms in total. The topological polar surface area (TPSA) is 91.2 Å². The molecule has 2 aliphatic rings. The van der Waals surface area contributed by atoms with Crippen LogP contribution in [0.15, 0.2) is 18.5 Å². The average molecular weight is 367 g/mol. The number of aromatic nitrogens is 5. The van der Waals surface area contributed by atoms with E-state index in [1.165, 1.54) is 12.8 Å². The molecule has 2 N–H and O–H groups in total. The molecule has 1 aliphatic heterocycles. The molecule has 1 saturated carbocycles. The molecule has 5 rings (SSSR count). The Kier molecular flexibility index (Phi) is 3.98. The summed E-state index contributed by atoms with van der Waals surface area (Å²) >= 11 is 0. The molecule has 2 fully saturated rings. The number of amides is 2. The number of hydrogen-bond donors (Lipinski definition) is 2. The molecule has 0 aromatic carbocycles. The molecule has 4 heterocycles. The number of nitrogens with one attached hydrogen (secondary N) is 2. The van der Waals surface area contributed by atoms with Crippen LogP contribution in [-0.2, 0) is 0 Å². The number of H-pyrrole nitrogens is 1. The SMILES string of the molecule is CC[C@@H]1CN(C(=O)NCCC2CC2)C[C@@H]1c1nnc2cnc3[nH]ccc3n12. The van der Waals surface area contributed by atoms with Crippen LogP contribution in [0.2, 0.25) is 0 Å². The van der Waals surface area contributed by atoms with Crippen molar-refractivity contribution in [2.24, 2.45) is 11.8 Å². The summed E-state index contributed by atoms with van der Waals surface area (Å²) in [5, 5.41) is 11.9. The van der Waals surface area contributed by atoms with Crippen molar-refractivity contribution in [3.8, 4) is 0 Å². The monoisotopic (exact) mass is 367 g/mol. The van der Waals surface area contributed by atoms with Crippen molar-refractivity contribution in [1.29, 1.82) is 0 Å². The van der Waals surface area contributed by atoms with Gasteiger partial charge < -0.3 is 15.2 Å². The molecular weight excluding hydrogens is 342 g/mol. The van der Waals surface area contributed by atoms with E-state index in [0.29, 0.717) is 12.5 Å². The van der Waals surface area contributed by atoms with Crippen molar-refractivity contribution in [3.05, 3.63) is 24.3 Å². The van der Waals surface area contributed by atoms with E-state index in [1.807, 2.05) is 17.2 Å². The summed E-state index contributed by atoms with van der Waals surface area (Å²) in [5.74, 6) is 2.32. The third-order valence-electron chi connectivity index (χ3n) is 6.08. The van der Waals surface area contributed by atoms with Gasteiger partial charge in [0.1, 0.15) is 5.82 Å². The standard InChI is InChI=1S/C19H25N7O/c1-2-13-10-25(19(27)21-7-5-12-3-4-12)11-14(13)18-24-23-16-9-22-17-15(26(16)18)6-8-20-17/h6,8-9,12-14,20H,2-5,7,10-11H2,1H3,(H,21,27)/t13-,14+/m1/s1. The Bertz CT molecular complexity index is 973. The first-order chi connectivity index (χ1) is 13.2. The lowest BCUT2D eigenvalue weighted by Crippen LogP contribution is -2.39. The van der Waals surface area contributed by atoms with E-state index in [-0.39, 0.29) is 11.9 Å². The summed E-state index contributed by atoms with van der Waals surface area (Å²) in [6, 6.07) is 2.05. The van der Waals surface area contributed by atoms with Gasteiger partial charge in [-0.05, 0) is 24.3 Å². The molecule has 0 unspecified atom stereocenters. The van der Waals surface area contributed by atoms with Gasteiger partial charge >= 0.3 is 6.03 Å². The summed E-state index contributed by atoms with van der Waals surface area (Å²) in [5.41, 5.74) is 2.55. The Morgan fingerprint density at radius 1 is 1.33 bits per heavy atom. The molecule has 8 heteroatoms. The molecule has 1 aliphatic carbocycles. The number of hydrogen-bond acceptors (Lipinski definition) is 4. The molecule has 3 aromatic rings. The second-order valence-corrected chi connectivity index (χ2v) is 7.87. The highest BCUT2D eigenvalue weighted by Crippen LogP contribution is 2.35. The summed E-state index contributed by atoms with van der Waals surface area (Å²) in [7, 11) is 0. The summed E-state index contributed by atoms with van der Waals surface area (Å²) < 4.78 is 2.08. The van der Waals surface area contributed by atoms with Crippen molar-refractivity contribution < 1.29 is 4.79 Å². The number of carbonyl (C=O) groups is 1. The first-order valence-electron chi connectivity index (χ1n) is 9.94. The number of urea groups is 1. The van der Waals surface area contributed by atoms with E-state index < -0.39 is 0 Å². The van der Waals surface area contributed by atoms with Crippen LogP contribution in [0.5, 0.6) is 0 Å². The van der Waals surface area contributed by atoms with Crippen LogP contribution in [0.4, 0.5) is 4.79 Å². The number of aromatic amines is 1. The minimum atomic E-state index is 0.0545. The van der Waals surface area contributed by atoms with E-state index in [2.05, 4.69) is 36.8 Å². The second-order valence-electron chi connectivity index (χ2n) is 7.87. The van der Waals surface area contributed by atoms with Crippen LogP contribution in [0.25, 0.3) is 16.8 Å². The zero-order valence-corrected chi connectivity index (χ0v) is 15.6. The van der Waals surface area contributed by atoms with Gasteiger partial charge in [-0.15, -0.1) is 10.2 Å². The Morgan fingerprint density at radius 3 is 3.04 bits per heavy atom. The van der Waals surface area contributed by atoms with Gasteiger partial charge in [0.25, 0.3) is 0 Å². The highest BCUT2D eigenvalue weighted by atomic mass is 16.2. The number of carbonyl (C=O) groups excluding carboxylic acids is 1. The van der Waals surface area contributed by atoms with Gasteiger partial charge in [-0.2, -0.15) is 0 Å². The molecule has 0 radical (unpaired) electrons. The predicted molar refractivity (Wildman–Crippen MR) is 101 cm³/mol. The minimum Gasteiger partial charge on any atom is -0.345 e. The van der Waals surface area contributed by atoms with Crippen LogP contribution in [-0.4, -0.2) is 55.1 Å². The average Bonchev–Trinajstić information content (AvgIpc) is 3.10. The highest BCUT2D eigenvalue weighted by molar-refractivity contribution is 5.75. The molecule has 2 atom stereocenters. The van der Waals surface area contributed by atoms with E-state index in [4.69, 9.17) is 0 Å². The third-order valence-corrected chi connectivity index (χ3v) is 6.08. The van der Waals surface area contributed by atoms with Gasteiger partial charge in [0, 0.05) is 31.7 Å². The largest absolute Gasteiger partial charge is 0.345 e. The molecule has 0 bridgehead atoms. The molecule has 27 heavy (non-hydrogen) atoms. The number of likely N-dealkylation sites (tertiary alicyclic amines) is 1. The molecule has 0 spiro atoms. The first kappa shape index (κ1) is 16.5. The van der Waals surface area contributed by atoms with Crippen molar-refractivity contribution >= 4 is 22.8 Å². The second kappa shape index (κ2) is 6.51. The summed E-state index contributed by atoms with van der Waals surface area (Å²) in [4.78, 5) is 22.1. The van der Waals surface area contributed by atoms with Crippen LogP contribution < -0.4 is 5.32 Å². The summed E-state index contributed by atoms with van der Waals surface area (Å²) in [6.07, 6.45) is 8.38. The van der Waals surface area contributed by atoms with E-state index in [0.717, 1.165) is 54.5 Å². The van der Waals surface area contributed by atoms with Gasteiger partial charge in [-0.1, -0.05) is 26.2 Å². The van der Waals surface area contributed by atoms with Gasteiger partial charge in [0.15, 0.2) is 11.3 Å². The zero-order valence-electron chi connectivity index (χ0n) is 15.6. The smallest absolute Gasteiger partial charge is 0.317 e. The molecule has 142 valence electrons. The van der Waals surface area contributed by atoms with Crippen LogP contribution >= 0.6 is 0 Å². The lowest BCUT2D eigenvalue weighted by molar-refractivity contribution is 0.206. The van der Waals surface area contributed by atoms with Gasteiger partial charge in [0.2, 0.25) is 0 Å². The van der Waals surface area contributed by atoms with Crippen molar-refractivity contribution in [2.45, 2.75) is 38.5 Å². The van der Waals surface area contributed by atoms with Crippen molar-refractivity contribution in [1.82, 2.24) is 34.8 Å². The van der Waals surface area contributed by atoms with Crippen LogP contribution in [0.1, 0.15) is 44.3 Å². The lowest BCUT2D eigenvalue weighted by atomic mass is 9.93. The molecular formula is C19H25N7O. The normalized spacial score (nSPS) is 22.8. The van der Waals surface area contributed by atoms with Gasteiger partial charge in [-0.25, -0.2) is 9.78 Å². The van der Waals surface area contributed by atoms with E-state index in [9.17, 15) is 4.79 Å². The van der Waals surface area contributed by atoms with Crippen molar-refractivity contribution in [2.75, 3.05) is 19.6 Å². The van der Waals surface area contributed by atoms with E-state index in [1.54, 1.807) is 6.20 Å². The minimum absolute atomic E-state index is 0.0545. The Hall–Kier alpha value is -2.64. The number of rotatable bonds is 5. The number of fused-ring (bicyclic) bond motifs is 3. The zero-order chi connectivity index (χ0) is 18.4. The lowest BCUT2D eigenvalue weighted by Gasteiger charge is -2.17. The fourth-order valence-corrected chi connectivity index (χ4v) is 4.28. The molecule has 3 aromatic heterocycles. The maximum atomic E-state index is 12.6. The van der Waals surface area contributed by atoms with Crippen LogP contribution in [0.3, 0.4) is 0 Å². The molecule has 2 amide bonds. The summed E-state index contributed by atoms with van der Waals surface area (Å²) in [6.45, 7) is 4.42. The first-order valence-corrected chi connectivity index (χ1v) is 9.94. The van der Waals surface area contributed by atoms with Gasteiger partial charge in [0.05, 0.1) is 11.7 Å². The van der Waals surface area contributed by atoms with Crippen LogP contribution in [0, 0.1) is 11.8 Å². The maximum absolute atomic E-state index is 12.6. The Balaban J connectivity index is 1.39. The third kappa shape index (κ3) is 2.93. The van der Waals surface area contributed by atoms with Gasteiger partial charge in [-0.3, -0.25) is 4.40 Å². The Labute approximate surface area is 157 Å². The predicted octanol–water partition coefficient (Wildman–Crippen LogP) is 2.54. The maximum Gasteiger partial charge on any atom is 0.317 e. The Morgan fingerprint density at radius 2 is 2.22 bits per heavy atom. The highest BCUT2D eigenvalue weighted by Gasteiger charge is 2.38.